The zero-order valence-electron chi connectivity index (χ0n) is 10.4. The van der Waals surface area contributed by atoms with Gasteiger partial charge in [0.25, 0.3) is 0 Å². The van der Waals surface area contributed by atoms with Crippen LogP contribution >= 0.6 is 0 Å². The molecule has 0 amide bonds. The van der Waals surface area contributed by atoms with Crippen molar-refractivity contribution in [1.82, 2.24) is 10.1 Å². The standard InChI is InChI=1S/C14H11N3O3/c18-14(19)12-7-9-3-1-2-4-11(9)13(17-12)15-8-10-5-6-16-20-10/h1-7H,8H2,(H,15,17)(H,18,19). The first-order chi connectivity index (χ1) is 9.74. The largest absolute Gasteiger partial charge is 0.477 e. The number of nitrogens with zero attached hydrogens (tertiary/aromatic N) is 2. The molecule has 0 saturated carbocycles. The van der Waals surface area contributed by atoms with E-state index < -0.39 is 5.97 Å². The molecule has 0 bridgehead atoms. The van der Waals surface area contributed by atoms with Crippen LogP contribution in [-0.4, -0.2) is 21.2 Å². The van der Waals surface area contributed by atoms with Gasteiger partial charge in [-0.2, -0.15) is 0 Å². The first kappa shape index (κ1) is 12.2. The topological polar surface area (TPSA) is 88.2 Å². The summed E-state index contributed by atoms with van der Waals surface area (Å²) in [6, 6.07) is 10.8. The van der Waals surface area contributed by atoms with E-state index in [0.29, 0.717) is 18.1 Å². The van der Waals surface area contributed by atoms with Gasteiger partial charge in [0.05, 0.1) is 12.7 Å². The Morgan fingerprint density at radius 3 is 2.90 bits per heavy atom. The van der Waals surface area contributed by atoms with E-state index in [-0.39, 0.29) is 5.69 Å². The molecule has 0 radical (unpaired) electrons. The fourth-order valence-corrected chi connectivity index (χ4v) is 1.95. The van der Waals surface area contributed by atoms with Crippen molar-refractivity contribution in [1.29, 1.82) is 0 Å². The Morgan fingerprint density at radius 2 is 2.15 bits per heavy atom. The number of rotatable bonds is 4. The van der Waals surface area contributed by atoms with E-state index in [0.717, 1.165) is 10.8 Å². The van der Waals surface area contributed by atoms with Crippen LogP contribution in [0.5, 0.6) is 0 Å². The van der Waals surface area contributed by atoms with Crippen LogP contribution in [0.25, 0.3) is 10.8 Å². The highest BCUT2D eigenvalue weighted by Crippen LogP contribution is 2.23. The average Bonchev–Trinajstić information content (AvgIpc) is 2.97. The van der Waals surface area contributed by atoms with E-state index in [1.165, 1.54) is 0 Å². The monoisotopic (exact) mass is 269 g/mol. The van der Waals surface area contributed by atoms with Gasteiger partial charge in [-0.3, -0.25) is 0 Å². The fraction of sp³-hybridized carbons (Fsp3) is 0.0714. The lowest BCUT2D eigenvalue weighted by Gasteiger charge is -2.08. The summed E-state index contributed by atoms with van der Waals surface area (Å²) in [7, 11) is 0. The van der Waals surface area contributed by atoms with Gasteiger partial charge in [-0.15, -0.1) is 0 Å². The van der Waals surface area contributed by atoms with Crippen LogP contribution in [0.4, 0.5) is 5.82 Å². The first-order valence-corrected chi connectivity index (χ1v) is 6.00. The fourth-order valence-electron chi connectivity index (χ4n) is 1.95. The quantitative estimate of drug-likeness (QED) is 0.756. The molecule has 20 heavy (non-hydrogen) atoms. The summed E-state index contributed by atoms with van der Waals surface area (Å²) < 4.78 is 4.99. The number of fused-ring (bicyclic) bond motifs is 1. The molecule has 0 unspecified atom stereocenters. The van der Waals surface area contributed by atoms with Crippen molar-refractivity contribution in [3.8, 4) is 0 Å². The van der Waals surface area contributed by atoms with Crippen LogP contribution in [0.1, 0.15) is 16.2 Å². The van der Waals surface area contributed by atoms with Crippen LogP contribution in [0, 0.1) is 0 Å². The Balaban J connectivity index is 2.00. The number of carbonyl (C=O) groups is 1. The molecule has 2 heterocycles. The second-order valence-electron chi connectivity index (χ2n) is 4.21. The maximum Gasteiger partial charge on any atom is 0.354 e. The lowest BCUT2D eigenvalue weighted by molar-refractivity contribution is 0.0691. The maximum absolute atomic E-state index is 11.1. The second-order valence-corrected chi connectivity index (χ2v) is 4.21. The van der Waals surface area contributed by atoms with Crippen LogP contribution in [0.2, 0.25) is 0 Å². The third kappa shape index (κ3) is 2.31. The minimum Gasteiger partial charge on any atom is -0.477 e. The molecule has 1 aromatic carbocycles. The van der Waals surface area contributed by atoms with E-state index in [1.807, 2.05) is 24.3 Å². The Labute approximate surface area is 114 Å². The van der Waals surface area contributed by atoms with Crippen LogP contribution in [0.15, 0.2) is 47.1 Å². The van der Waals surface area contributed by atoms with Gasteiger partial charge in [0.15, 0.2) is 11.5 Å². The molecule has 0 aliphatic carbocycles. The number of nitrogens with one attached hydrogen (secondary N) is 1. The summed E-state index contributed by atoms with van der Waals surface area (Å²) in [5.41, 5.74) is 0.00349. The van der Waals surface area contributed by atoms with E-state index in [1.54, 1.807) is 18.3 Å². The van der Waals surface area contributed by atoms with Gasteiger partial charge < -0.3 is 14.9 Å². The van der Waals surface area contributed by atoms with Crippen molar-refractivity contribution in [2.45, 2.75) is 6.54 Å². The zero-order valence-corrected chi connectivity index (χ0v) is 10.4. The highest BCUT2D eigenvalue weighted by molar-refractivity contribution is 5.97. The van der Waals surface area contributed by atoms with Gasteiger partial charge in [0.1, 0.15) is 5.82 Å². The number of anilines is 1. The third-order valence-corrected chi connectivity index (χ3v) is 2.88. The summed E-state index contributed by atoms with van der Waals surface area (Å²) in [4.78, 5) is 15.2. The molecular weight excluding hydrogens is 258 g/mol. The first-order valence-electron chi connectivity index (χ1n) is 6.00. The average molecular weight is 269 g/mol. The van der Waals surface area contributed by atoms with Gasteiger partial charge in [-0.05, 0) is 11.5 Å². The van der Waals surface area contributed by atoms with Crippen molar-refractivity contribution in [2.24, 2.45) is 0 Å². The minimum absolute atomic E-state index is 0.00349. The van der Waals surface area contributed by atoms with E-state index >= 15 is 0 Å². The van der Waals surface area contributed by atoms with Gasteiger partial charge in [-0.1, -0.05) is 29.4 Å². The lowest BCUT2D eigenvalue weighted by atomic mass is 10.1. The third-order valence-electron chi connectivity index (χ3n) is 2.88. The number of hydrogen-bond donors (Lipinski definition) is 2. The van der Waals surface area contributed by atoms with Crippen molar-refractivity contribution >= 4 is 22.6 Å². The highest BCUT2D eigenvalue weighted by Gasteiger charge is 2.11. The number of pyridine rings is 1. The van der Waals surface area contributed by atoms with Crippen molar-refractivity contribution in [2.75, 3.05) is 5.32 Å². The maximum atomic E-state index is 11.1. The number of aromatic carboxylic acids is 1. The predicted molar refractivity (Wildman–Crippen MR) is 72.5 cm³/mol. The Kier molecular flexibility index (Phi) is 3.04. The Hall–Kier alpha value is -2.89. The number of carboxylic acids is 1. The summed E-state index contributed by atoms with van der Waals surface area (Å²) >= 11 is 0. The zero-order chi connectivity index (χ0) is 13.9. The number of hydrogen-bond acceptors (Lipinski definition) is 5. The molecule has 2 N–H and O–H groups in total. The van der Waals surface area contributed by atoms with Crippen LogP contribution in [-0.2, 0) is 6.54 Å². The van der Waals surface area contributed by atoms with Crippen LogP contribution < -0.4 is 5.32 Å². The van der Waals surface area contributed by atoms with Gasteiger partial charge in [0.2, 0.25) is 0 Å². The van der Waals surface area contributed by atoms with Crippen LogP contribution in [0.3, 0.4) is 0 Å². The smallest absolute Gasteiger partial charge is 0.354 e. The molecule has 6 nitrogen and oxygen atoms in total. The Bertz CT molecular complexity index is 753. The van der Waals surface area contributed by atoms with Crippen molar-refractivity contribution < 1.29 is 14.4 Å². The number of aromatic nitrogens is 2. The van der Waals surface area contributed by atoms with Crippen molar-refractivity contribution in [3.63, 3.8) is 0 Å². The van der Waals surface area contributed by atoms with E-state index in [4.69, 9.17) is 9.63 Å². The number of benzene rings is 1. The normalized spacial score (nSPS) is 10.6. The van der Waals surface area contributed by atoms with Crippen molar-refractivity contribution in [3.05, 3.63) is 54.0 Å². The molecule has 0 atom stereocenters. The summed E-state index contributed by atoms with van der Waals surface area (Å²) in [6.45, 7) is 0.389. The van der Waals surface area contributed by atoms with Gasteiger partial charge in [0, 0.05) is 11.5 Å². The second kappa shape index (κ2) is 5.00. The molecule has 3 aromatic rings. The van der Waals surface area contributed by atoms with Gasteiger partial charge in [-0.25, -0.2) is 9.78 Å². The highest BCUT2D eigenvalue weighted by atomic mass is 16.5. The molecule has 0 spiro atoms. The Morgan fingerprint density at radius 1 is 1.30 bits per heavy atom. The summed E-state index contributed by atoms with van der Waals surface area (Å²) in [5, 5.41) is 17.5. The molecule has 0 aliphatic rings. The molecule has 100 valence electrons. The number of carboxylic acid groups (broad SMARTS) is 1. The molecule has 3 rings (SSSR count). The minimum atomic E-state index is -1.06. The summed E-state index contributed by atoms with van der Waals surface area (Å²) in [6.07, 6.45) is 1.55. The van der Waals surface area contributed by atoms with E-state index in [9.17, 15) is 4.79 Å². The molecule has 0 saturated heterocycles. The molecule has 2 aromatic heterocycles. The van der Waals surface area contributed by atoms with E-state index in [2.05, 4.69) is 15.5 Å². The molecular formula is C14H11N3O3. The SMILES string of the molecule is O=C(O)c1cc2ccccc2c(NCc2ccno2)n1. The molecule has 0 fully saturated rings. The summed E-state index contributed by atoms with van der Waals surface area (Å²) in [5.74, 6) is 0.104. The molecule has 6 heteroatoms. The van der Waals surface area contributed by atoms with Gasteiger partial charge >= 0.3 is 5.97 Å². The predicted octanol–water partition coefficient (Wildman–Crippen LogP) is 2.53. The lowest BCUT2D eigenvalue weighted by Crippen LogP contribution is -2.06. The molecule has 0 aliphatic heterocycles.